The van der Waals surface area contributed by atoms with Gasteiger partial charge in [0.1, 0.15) is 45.6 Å². The predicted octanol–water partition coefficient (Wildman–Crippen LogP) is 23.3. The van der Waals surface area contributed by atoms with E-state index in [4.69, 9.17) is 24.7 Å². The quantitative estimate of drug-likeness (QED) is 0.0177. The van der Waals surface area contributed by atoms with E-state index in [1.807, 2.05) is 139 Å². The summed E-state index contributed by atoms with van der Waals surface area (Å²) in [7, 11) is 0. The van der Waals surface area contributed by atoms with Crippen LogP contribution in [0.5, 0.6) is 0 Å². The summed E-state index contributed by atoms with van der Waals surface area (Å²) in [4.78, 5) is 117. The Bertz CT molecular complexity index is 6920. The maximum atomic E-state index is 13.3. The molecule has 19 rings (SSSR count). The van der Waals surface area contributed by atoms with Crippen LogP contribution in [-0.2, 0) is 82.3 Å². The number of ether oxygens (including phenoxy) is 1. The maximum Gasteiger partial charge on any atom is 0.410 e. The molecule has 0 bridgehead atoms. The lowest BCUT2D eigenvalue weighted by Gasteiger charge is -2.31. The first-order valence-electron chi connectivity index (χ1n) is 50.2. The summed E-state index contributed by atoms with van der Waals surface area (Å²) in [6, 6.07) is 44.9. The fourth-order valence-electron chi connectivity index (χ4n) is 18.1. The Kier molecular flexibility index (Phi) is 35.5. The minimum atomic E-state index is -0.586. The van der Waals surface area contributed by atoms with E-state index >= 15 is 0 Å². The molecule has 10 aromatic heterocycles. The van der Waals surface area contributed by atoms with Crippen LogP contribution in [-0.4, -0.2) is 194 Å². The summed E-state index contributed by atoms with van der Waals surface area (Å²) in [6.07, 6.45) is 6.68. The summed E-state index contributed by atoms with van der Waals surface area (Å²) in [5, 5.41) is 44.4. The van der Waals surface area contributed by atoms with E-state index < -0.39 is 5.60 Å². The molecule has 0 radical (unpaired) electrons. The Morgan fingerprint density at radius 2 is 0.833 bits per heavy atom. The van der Waals surface area contributed by atoms with Crippen molar-refractivity contribution in [1.82, 2.24) is 80.7 Å². The van der Waals surface area contributed by atoms with Gasteiger partial charge in [0.2, 0.25) is 29.5 Å². The van der Waals surface area contributed by atoms with E-state index in [0.717, 1.165) is 212 Å². The number of carbonyl (C=O) groups excluding carboxylic acids is 5. The van der Waals surface area contributed by atoms with Gasteiger partial charge in [-0.05, 0) is 254 Å². The van der Waals surface area contributed by atoms with Gasteiger partial charge in [-0.25, -0.2) is 24.7 Å². The van der Waals surface area contributed by atoms with Gasteiger partial charge in [0.05, 0.1) is 40.9 Å². The van der Waals surface area contributed by atoms with Crippen LogP contribution in [0.1, 0.15) is 201 Å². The molecule has 0 saturated carbocycles. The molecule has 2 atom stereocenters. The van der Waals surface area contributed by atoms with Crippen LogP contribution >= 0.6 is 90.7 Å². The first-order valence-corrected chi connectivity index (χ1v) is 56.7. The molecule has 760 valence electrons. The highest BCUT2D eigenvalue weighted by molar-refractivity contribution is 7.25. The number of carbonyl (C=O) groups is 5. The Balaban J connectivity index is 0.000000138. The Morgan fingerprint density at radius 1 is 0.465 bits per heavy atom. The number of fused-ring (bicyclic) bond motifs is 8. The number of H-pyrrole nitrogens is 2. The van der Waals surface area contributed by atoms with Crippen LogP contribution in [0.25, 0.3) is 94.5 Å². The molecule has 2 unspecified atom stereocenters. The van der Waals surface area contributed by atoms with Gasteiger partial charge in [-0.2, -0.15) is 5.21 Å². The number of aromatic amines is 2. The molecule has 4 aliphatic rings. The van der Waals surface area contributed by atoms with Gasteiger partial charge in [-0.15, -0.1) is 101 Å². The second-order valence-corrected chi connectivity index (χ2v) is 47.8. The van der Waals surface area contributed by atoms with Gasteiger partial charge < -0.3 is 51.8 Å². The largest absolute Gasteiger partial charge is 0.444 e. The lowest BCUT2D eigenvalue weighted by atomic mass is 10.0. The second kappa shape index (κ2) is 48.2. The number of para-hydroxylation sites is 4. The number of nitrogens with zero attached hydrogens (tertiary/aromatic N) is 12. The van der Waals surface area contributed by atoms with Crippen molar-refractivity contribution in [1.29, 1.82) is 0 Å². The smallest absolute Gasteiger partial charge is 0.410 e. The molecule has 0 saturated heterocycles. The number of tetrazole rings is 1. The molecule has 9 N–H and O–H groups in total. The van der Waals surface area contributed by atoms with Crippen molar-refractivity contribution in [2.75, 3.05) is 78.9 Å². The van der Waals surface area contributed by atoms with Crippen molar-refractivity contribution < 1.29 is 28.7 Å². The van der Waals surface area contributed by atoms with E-state index in [2.05, 4.69) is 188 Å². The number of thiazole rings is 4. The highest BCUT2D eigenvalue weighted by Gasteiger charge is 2.36. The lowest BCUT2D eigenvalue weighted by molar-refractivity contribution is -0.117. The number of pyridine rings is 1. The van der Waals surface area contributed by atoms with Crippen LogP contribution < -0.4 is 42.8 Å². The molecule has 0 aliphatic carbocycles. The molecule has 5 aromatic carbocycles. The highest BCUT2D eigenvalue weighted by atomic mass is 32.1. The van der Waals surface area contributed by atoms with Gasteiger partial charge in [0, 0.05) is 211 Å². The molecule has 0 fully saturated rings. The normalized spacial score (nSPS) is 14.4. The fraction of sp³-hybridized carbons (Fsp3) is 0.435. The van der Waals surface area contributed by atoms with Crippen molar-refractivity contribution in [3.63, 3.8) is 0 Å². The Labute approximate surface area is 874 Å². The van der Waals surface area contributed by atoms with Crippen LogP contribution in [0.3, 0.4) is 0 Å². The molecule has 28 nitrogen and oxygen atoms in total. The number of anilines is 5. The predicted molar refractivity (Wildman–Crippen MR) is 599 cm³/mol. The van der Waals surface area contributed by atoms with Crippen LogP contribution in [0.15, 0.2) is 132 Å². The molecule has 5 amide bonds. The maximum absolute atomic E-state index is 13.3. The monoisotopic (exact) mass is 2090 g/mol. The average molecular weight is 2090 g/mol. The summed E-state index contributed by atoms with van der Waals surface area (Å²) in [5.74, 6) is 0.460. The molecular formula is C108H133N21O7S8. The number of hydrogen-bond donors (Lipinski definition) is 9. The van der Waals surface area contributed by atoms with E-state index in [9.17, 15) is 28.8 Å². The highest BCUT2D eigenvalue weighted by Crippen LogP contribution is 2.51. The number of thiophene rings is 4. The zero-order chi connectivity index (χ0) is 102. The molecule has 14 heterocycles. The van der Waals surface area contributed by atoms with Gasteiger partial charge in [-0.1, -0.05) is 62.4 Å². The van der Waals surface area contributed by atoms with Crippen LogP contribution in [0.2, 0.25) is 0 Å². The van der Waals surface area contributed by atoms with Gasteiger partial charge >= 0.3 is 6.09 Å². The number of benzene rings is 5. The van der Waals surface area contributed by atoms with E-state index in [1.165, 1.54) is 46.5 Å². The standard InChI is InChI=1S/C29H40N4O3S2.C28H33N5O2S2.C27H28N8OS2.C24H32N4OS2/c1-8-19(4)33(28(35)36-29(5,6)7)16-14-24(34)31-27-25(26-30-21-11-9-10-12-22(21)37-26)20-13-15-32(18(2)3)17-23(20)38-27;1-16(2)33-12-10-19-23(15-33)37-28(25(19)27-31-21-7-5-6-8-22(21)36-27)32-24(34)9-11-29-14-20-17(3)13-18(4)30-26(20)35;1-16(2)35-14-12-19-22(15-35)38-27(24(19)26-29-20-5-3-4-6-21(20)37-26)30-23(36)11-13-28-18-9-7-17(8-10-18)25-31-33-34-32-25;1-5-16(4)25-12-10-21(29)27-24-22(23-26-18-8-6-7-9-19(18)30-23)17-11-13-28(15(2)3)14-20(17)31-24/h9-12,18-19H,8,13-17H2,1-7H3,(H,31,34);5-8,13,16,29H,9-12,14-15H2,1-4H3,(H,30,35)(H,32,34);3-10,16,28H,11-15H2,1-2H3,(H,30,36)(H,31,32,33,34);6-9,15-16,25H,5,10-14H2,1-4H3,(H,27,29). The first kappa shape index (κ1) is 106. The van der Waals surface area contributed by atoms with Crippen molar-refractivity contribution >= 4 is 187 Å². The molecule has 144 heavy (non-hydrogen) atoms. The van der Waals surface area contributed by atoms with Crippen molar-refractivity contribution in [2.45, 2.75) is 256 Å². The van der Waals surface area contributed by atoms with Gasteiger partial charge in [0.25, 0.3) is 5.56 Å². The SMILES string of the molecule is CC(C)N1CCc2c(sc(NC(=O)CCNc3ccc(-c4nn[nH]n4)cc3)c2-c2nc3ccccc3s2)C1.CCC(C)N(CCC(=O)Nc1sc2c(c1-c1nc3ccccc3s1)CCN(C(C)C)C2)C(=O)OC(C)(C)C.CCC(C)NCCC(=O)Nc1sc2c(c1-c1nc3ccccc3s1)CCN(C(C)C)C2.Cc1cc(C)c(CNCCC(=O)Nc2sc3c(c2-c2nc4ccccc4s2)CCN(C(C)C)C3)c(=O)[nH]1. The van der Waals surface area contributed by atoms with Gasteiger partial charge in [-0.3, -0.25) is 43.6 Å². The number of amides is 5. The number of aryl methyl sites for hydroxylation is 2. The first-order chi connectivity index (χ1) is 69.3. The average Bonchev–Trinajstić information content (AvgIpc) is 1.62. The third-order valence-corrected chi connectivity index (χ3v) is 35.3. The number of nitrogens with one attached hydrogen (secondary N) is 9. The van der Waals surface area contributed by atoms with E-state index in [-0.39, 0.29) is 47.7 Å². The molecule has 15 aromatic rings. The number of rotatable bonds is 32. The molecule has 4 aliphatic heterocycles. The third kappa shape index (κ3) is 26.2. The minimum absolute atomic E-state index is 0.0115. The molecule has 0 spiro atoms. The lowest BCUT2D eigenvalue weighted by Crippen LogP contribution is -2.43. The zero-order valence-electron chi connectivity index (χ0n) is 85.3. The third-order valence-electron chi connectivity index (χ3n) is 26.6. The molecule has 36 heteroatoms. The molecular weight excluding hydrogens is 1960 g/mol. The van der Waals surface area contributed by atoms with Crippen molar-refractivity contribution in [3.8, 4) is 53.7 Å². The Hall–Kier alpha value is -10.8. The fourth-order valence-corrected chi connectivity index (χ4v) is 27.7. The van der Waals surface area contributed by atoms with Crippen molar-refractivity contribution in [3.05, 3.63) is 196 Å². The zero-order valence-corrected chi connectivity index (χ0v) is 91.9. The summed E-state index contributed by atoms with van der Waals surface area (Å²) in [5.41, 5.74) is 17.4. The van der Waals surface area contributed by atoms with Crippen LogP contribution in [0, 0.1) is 13.8 Å². The van der Waals surface area contributed by atoms with Crippen molar-refractivity contribution in [2.24, 2.45) is 0 Å². The van der Waals surface area contributed by atoms with E-state index in [1.54, 1.807) is 95.6 Å². The van der Waals surface area contributed by atoms with E-state index in [0.29, 0.717) is 93.6 Å². The summed E-state index contributed by atoms with van der Waals surface area (Å²) in [6.45, 7) is 45.7. The summed E-state index contributed by atoms with van der Waals surface area (Å²) < 4.78 is 10.2. The summed E-state index contributed by atoms with van der Waals surface area (Å²) >= 11 is 13.6. The number of hydrogen-bond acceptors (Lipinski definition) is 29. The van der Waals surface area contributed by atoms with Gasteiger partial charge in [0.15, 0.2) is 0 Å². The Morgan fingerprint density at radius 3 is 1.17 bits per heavy atom. The second-order valence-electron chi connectivity index (χ2n) is 39.3. The minimum Gasteiger partial charge on any atom is -0.444 e. The number of aromatic nitrogens is 9. The topological polar surface area (TPSA) is 334 Å². The van der Waals surface area contributed by atoms with Crippen LogP contribution in [0.4, 0.5) is 30.5 Å².